The monoisotopic (exact) mass is 376 g/mol. The molecule has 2 N–H and O–H groups in total. The SMILES string of the molecule is O=C(Nc1ccccn1)c1ccc(CNc2c(N3CCCC3)c(=O)c2=O)cc1. The first kappa shape index (κ1) is 17.9. The number of benzene rings is 1. The molecule has 0 aliphatic carbocycles. The Kier molecular flexibility index (Phi) is 4.89. The summed E-state index contributed by atoms with van der Waals surface area (Å²) in [5.41, 5.74) is 1.51. The summed E-state index contributed by atoms with van der Waals surface area (Å²) in [7, 11) is 0. The molecule has 1 aromatic heterocycles. The quantitative estimate of drug-likeness (QED) is 0.641. The number of rotatable bonds is 6. The zero-order chi connectivity index (χ0) is 19.5. The molecule has 142 valence electrons. The van der Waals surface area contributed by atoms with E-state index < -0.39 is 10.9 Å². The molecule has 1 saturated heterocycles. The number of nitrogens with zero attached hydrogens (tertiary/aromatic N) is 2. The highest BCUT2D eigenvalue weighted by Crippen LogP contribution is 2.24. The molecule has 28 heavy (non-hydrogen) atoms. The minimum Gasteiger partial charge on any atom is -0.376 e. The molecule has 1 amide bonds. The molecular formula is C21H20N4O3. The molecule has 0 atom stereocenters. The Balaban J connectivity index is 1.39. The lowest BCUT2D eigenvalue weighted by molar-refractivity contribution is 0.102. The summed E-state index contributed by atoms with van der Waals surface area (Å²) in [6.07, 6.45) is 3.70. The molecule has 0 unspecified atom stereocenters. The fourth-order valence-corrected chi connectivity index (χ4v) is 3.38. The topological polar surface area (TPSA) is 91.4 Å². The number of hydrogen-bond acceptors (Lipinski definition) is 6. The Morgan fingerprint density at radius 3 is 2.43 bits per heavy atom. The van der Waals surface area contributed by atoms with Crippen molar-refractivity contribution in [3.63, 3.8) is 0 Å². The summed E-state index contributed by atoms with van der Waals surface area (Å²) in [4.78, 5) is 42.1. The van der Waals surface area contributed by atoms with E-state index in [1.165, 1.54) is 0 Å². The number of nitrogens with one attached hydrogen (secondary N) is 2. The molecule has 3 aromatic rings. The van der Waals surface area contributed by atoms with E-state index in [2.05, 4.69) is 15.6 Å². The van der Waals surface area contributed by atoms with Gasteiger partial charge in [-0.2, -0.15) is 0 Å². The Morgan fingerprint density at radius 2 is 1.75 bits per heavy atom. The highest BCUT2D eigenvalue weighted by atomic mass is 16.2. The second-order valence-electron chi connectivity index (χ2n) is 6.80. The summed E-state index contributed by atoms with van der Waals surface area (Å²) in [5.74, 6) is 0.254. The third-order valence-corrected chi connectivity index (χ3v) is 4.90. The van der Waals surface area contributed by atoms with Crippen LogP contribution in [0.3, 0.4) is 0 Å². The predicted molar refractivity (Wildman–Crippen MR) is 109 cm³/mol. The van der Waals surface area contributed by atoms with E-state index in [9.17, 15) is 14.4 Å². The lowest BCUT2D eigenvalue weighted by atomic mass is 10.1. The standard InChI is InChI=1S/C21H20N4O3/c26-19-17(18(20(19)27)25-11-3-4-12-25)23-13-14-6-8-15(9-7-14)21(28)24-16-5-1-2-10-22-16/h1-2,5-10,23H,3-4,11-13H2,(H,22,24,28). The highest BCUT2D eigenvalue weighted by Gasteiger charge is 2.27. The second-order valence-corrected chi connectivity index (χ2v) is 6.80. The minimum atomic E-state index is -0.451. The van der Waals surface area contributed by atoms with Gasteiger partial charge >= 0.3 is 0 Å². The van der Waals surface area contributed by atoms with Crippen molar-refractivity contribution >= 4 is 23.1 Å². The van der Waals surface area contributed by atoms with Gasteiger partial charge in [-0.05, 0) is 42.7 Å². The number of pyridine rings is 1. The first-order valence-electron chi connectivity index (χ1n) is 9.27. The summed E-state index contributed by atoms with van der Waals surface area (Å²) < 4.78 is 0. The molecule has 2 aromatic carbocycles. The van der Waals surface area contributed by atoms with Crippen LogP contribution in [0.1, 0.15) is 28.8 Å². The normalized spacial score (nSPS) is 13.6. The van der Waals surface area contributed by atoms with Gasteiger partial charge < -0.3 is 15.5 Å². The number of carbonyl (C=O) groups excluding carboxylic acids is 1. The maximum atomic E-state index is 12.3. The van der Waals surface area contributed by atoms with Crippen molar-refractivity contribution in [3.05, 3.63) is 80.2 Å². The largest absolute Gasteiger partial charge is 0.376 e. The third-order valence-electron chi connectivity index (χ3n) is 4.90. The summed E-state index contributed by atoms with van der Waals surface area (Å²) in [6.45, 7) is 2.05. The molecule has 1 aliphatic rings. The molecule has 2 heterocycles. The molecule has 0 saturated carbocycles. The van der Waals surface area contributed by atoms with Crippen molar-refractivity contribution in [2.45, 2.75) is 19.4 Å². The van der Waals surface area contributed by atoms with Crippen LogP contribution in [-0.2, 0) is 6.54 Å². The van der Waals surface area contributed by atoms with Gasteiger partial charge in [-0.15, -0.1) is 0 Å². The van der Waals surface area contributed by atoms with Gasteiger partial charge in [-0.25, -0.2) is 4.98 Å². The lowest BCUT2D eigenvalue weighted by Gasteiger charge is -2.22. The van der Waals surface area contributed by atoms with Crippen LogP contribution >= 0.6 is 0 Å². The first-order chi connectivity index (χ1) is 13.6. The first-order valence-corrected chi connectivity index (χ1v) is 9.27. The lowest BCUT2D eigenvalue weighted by Crippen LogP contribution is -2.41. The smallest absolute Gasteiger partial charge is 0.256 e. The average Bonchev–Trinajstić information content (AvgIpc) is 3.25. The van der Waals surface area contributed by atoms with Crippen molar-refractivity contribution in [3.8, 4) is 0 Å². The molecule has 1 aliphatic heterocycles. The van der Waals surface area contributed by atoms with E-state index in [0.717, 1.165) is 31.5 Å². The van der Waals surface area contributed by atoms with Crippen molar-refractivity contribution in [1.82, 2.24) is 4.98 Å². The number of amides is 1. The van der Waals surface area contributed by atoms with Gasteiger partial charge in [0.1, 0.15) is 17.2 Å². The van der Waals surface area contributed by atoms with Gasteiger partial charge in [0.25, 0.3) is 16.8 Å². The van der Waals surface area contributed by atoms with E-state index in [-0.39, 0.29) is 5.91 Å². The highest BCUT2D eigenvalue weighted by molar-refractivity contribution is 6.03. The van der Waals surface area contributed by atoms with E-state index in [1.807, 2.05) is 17.0 Å². The van der Waals surface area contributed by atoms with E-state index in [1.54, 1.807) is 36.5 Å². The summed E-state index contributed by atoms with van der Waals surface area (Å²) in [5, 5.41) is 5.82. The zero-order valence-electron chi connectivity index (χ0n) is 15.3. The zero-order valence-corrected chi connectivity index (χ0v) is 15.3. The third kappa shape index (κ3) is 3.51. The summed E-state index contributed by atoms with van der Waals surface area (Å²) in [6, 6.07) is 12.4. The van der Waals surface area contributed by atoms with Gasteiger partial charge in [0, 0.05) is 31.4 Å². The van der Waals surface area contributed by atoms with Crippen LogP contribution in [0.5, 0.6) is 0 Å². The fourth-order valence-electron chi connectivity index (χ4n) is 3.38. The Labute approximate surface area is 161 Å². The van der Waals surface area contributed by atoms with Crippen LogP contribution in [0.15, 0.2) is 58.3 Å². The molecule has 7 heteroatoms. The molecule has 0 bridgehead atoms. The van der Waals surface area contributed by atoms with E-state index in [0.29, 0.717) is 29.3 Å². The van der Waals surface area contributed by atoms with E-state index in [4.69, 9.17) is 0 Å². The molecule has 0 spiro atoms. The van der Waals surface area contributed by atoms with Crippen LogP contribution in [0, 0.1) is 0 Å². The summed E-state index contributed by atoms with van der Waals surface area (Å²) >= 11 is 0. The minimum absolute atomic E-state index is 0.239. The fraction of sp³-hybridized carbons (Fsp3) is 0.238. The van der Waals surface area contributed by atoms with Crippen LogP contribution in [-0.4, -0.2) is 24.0 Å². The van der Waals surface area contributed by atoms with Crippen molar-refractivity contribution < 1.29 is 4.79 Å². The molecular weight excluding hydrogens is 356 g/mol. The Hall–Kier alpha value is -3.48. The Morgan fingerprint density at radius 1 is 1.00 bits per heavy atom. The Bertz CT molecular complexity index is 1050. The second kappa shape index (κ2) is 7.64. The van der Waals surface area contributed by atoms with Crippen molar-refractivity contribution in [2.75, 3.05) is 28.6 Å². The van der Waals surface area contributed by atoms with Crippen LogP contribution in [0.4, 0.5) is 17.2 Å². The van der Waals surface area contributed by atoms with Gasteiger partial charge in [-0.3, -0.25) is 14.4 Å². The maximum absolute atomic E-state index is 12.3. The van der Waals surface area contributed by atoms with Crippen LogP contribution < -0.4 is 26.4 Å². The number of carbonyl (C=O) groups is 1. The number of anilines is 3. The molecule has 7 nitrogen and oxygen atoms in total. The van der Waals surface area contributed by atoms with Crippen molar-refractivity contribution in [2.24, 2.45) is 0 Å². The van der Waals surface area contributed by atoms with Gasteiger partial charge in [-0.1, -0.05) is 18.2 Å². The number of hydrogen-bond donors (Lipinski definition) is 2. The van der Waals surface area contributed by atoms with Crippen LogP contribution in [0.25, 0.3) is 0 Å². The van der Waals surface area contributed by atoms with E-state index >= 15 is 0 Å². The van der Waals surface area contributed by atoms with Crippen molar-refractivity contribution in [1.29, 1.82) is 0 Å². The number of aromatic nitrogens is 1. The van der Waals surface area contributed by atoms with Crippen LogP contribution in [0.2, 0.25) is 0 Å². The predicted octanol–water partition coefficient (Wildman–Crippen LogP) is 2.14. The maximum Gasteiger partial charge on any atom is 0.256 e. The molecule has 1 fully saturated rings. The van der Waals surface area contributed by atoms with Gasteiger partial charge in [0.05, 0.1) is 0 Å². The van der Waals surface area contributed by atoms with Gasteiger partial charge in [0.2, 0.25) is 0 Å². The molecule has 4 rings (SSSR count). The van der Waals surface area contributed by atoms with Gasteiger partial charge in [0.15, 0.2) is 0 Å². The molecule has 0 radical (unpaired) electrons. The average molecular weight is 376 g/mol.